The standard InChI is InChI=1S/C26H26Cl2N4O7S3/c27-16-8-15(9-17(28)22(16)34)41-12-19(33)30-20-23(35)32-21(26(38)39)13(11-42-24(20)32)10-40-14-3-6-31(7-4-14)5-1-2-18(29)25(36)37/h3-4,6-9,18,20,24H,1-2,5,10-12,29H2,(H3-,30,33,34,36,37,38,39)/t18-,20+,24+/m0/s1. The van der Waals surface area contributed by atoms with Crippen molar-refractivity contribution in [1.29, 1.82) is 0 Å². The van der Waals surface area contributed by atoms with Crippen LogP contribution >= 0.6 is 58.5 Å². The number of phenols is 1. The van der Waals surface area contributed by atoms with Crippen molar-refractivity contribution in [3.05, 3.63) is 58.0 Å². The number of halogens is 2. The molecule has 42 heavy (non-hydrogen) atoms. The van der Waals surface area contributed by atoms with Crippen molar-refractivity contribution < 1.29 is 39.1 Å². The highest BCUT2D eigenvalue weighted by Crippen LogP contribution is 2.42. The first-order valence-electron chi connectivity index (χ1n) is 12.5. The van der Waals surface area contributed by atoms with E-state index in [1.165, 1.54) is 40.6 Å². The maximum absolute atomic E-state index is 12.9. The van der Waals surface area contributed by atoms with Gasteiger partial charge in [0.25, 0.3) is 5.91 Å². The van der Waals surface area contributed by atoms with E-state index < -0.39 is 41.2 Å². The second-order valence-electron chi connectivity index (χ2n) is 9.36. The summed E-state index contributed by atoms with van der Waals surface area (Å²) >= 11 is 15.8. The summed E-state index contributed by atoms with van der Waals surface area (Å²) in [5.74, 6) is -2.90. The van der Waals surface area contributed by atoms with Crippen LogP contribution in [0.15, 0.2) is 57.7 Å². The second-order valence-corrected chi connectivity index (χ2v) is 13.4. The van der Waals surface area contributed by atoms with Crippen molar-refractivity contribution in [2.45, 2.75) is 46.6 Å². The number of rotatable bonds is 13. The molecule has 0 spiro atoms. The number of benzene rings is 1. The lowest BCUT2D eigenvalue weighted by atomic mass is 10.0. The van der Waals surface area contributed by atoms with Gasteiger partial charge in [-0.25, -0.2) is 9.36 Å². The second kappa shape index (κ2) is 14.2. The monoisotopic (exact) mass is 672 g/mol. The van der Waals surface area contributed by atoms with Crippen LogP contribution < -0.4 is 20.7 Å². The van der Waals surface area contributed by atoms with Gasteiger partial charge in [0.05, 0.1) is 21.8 Å². The molecule has 2 aliphatic rings. The molecule has 11 nitrogen and oxygen atoms in total. The molecule has 0 unspecified atom stereocenters. The number of nitrogens with one attached hydrogen (secondary N) is 1. The number of hydrogen-bond donors (Lipinski definition) is 4. The summed E-state index contributed by atoms with van der Waals surface area (Å²) in [5, 5.41) is 32.6. The third kappa shape index (κ3) is 7.66. The predicted octanol–water partition coefficient (Wildman–Crippen LogP) is 1.47. The predicted molar refractivity (Wildman–Crippen MR) is 158 cm³/mol. The molecule has 2 aliphatic heterocycles. The van der Waals surface area contributed by atoms with Gasteiger partial charge in [-0.05, 0) is 24.1 Å². The highest BCUT2D eigenvalue weighted by Gasteiger charge is 2.54. The van der Waals surface area contributed by atoms with Crippen LogP contribution in [0.4, 0.5) is 0 Å². The number of hydrogen-bond acceptors (Lipinski definition) is 10. The number of fused-ring (bicyclic) bond motifs is 1. The molecule has 0 radical (unpaired) electrons. The SMILES string of the molecule is N[C@@H](CCC[n+]1ccc(SCC2=C(C(=O)O)N3C(=O)[C@@H](NC(=O)CSc4cc(Cl)c(O)c(Cl)c4)[C@H]3SC2)cc1)C(=O)[O-]. The van der Waals surface area contributed by atoms with Crippen LogP contribution in [0.3, 0.4) is 0 Å². The Hall–Kier alpha value is -2.62. The zero-order valence-corrected chi connectivity index (χ0v) is 25.8. The van der Waals surface area contributed by atoms with Gasteiger partial charge in [-0.3, -0.25) is 14.5 Å². The Labute approximate surface area is 263 Å². The zero-order chi connectivity index (χ0) is 30.6. The Morgan fingerprint density at radius 3 is 2.48 bits per heavy atom. The molecule has 1 fully saturated rings. The van der Waals surface area contributed by atoms with E-state index in [0.717, 1.165) is 16.7 Å². The van der Waals surface area contributed by atoms with Crippen LogP contribution in [0.2, 0.25) is 10.0 Å². The average Bonchev–Trinajstić information content (AvgIpc) is 2.96. The van der Waals surface area contributed by atoms with Crippen LogP contribution in [0, 0.1) is 0 Å². The van der Waals surface area contributed by atoms with E-state index in [2.05, 4.69) is 5.32 Å². The number of β-lactam (4-membered cyclic amide) rings is 1. The first kappa shape index (κ1) is 32.3. The van der Waals surface area contributed by atoms with E-state index in [0.29, 0.717) is 41.4 Å². The first-order chi connectivity index (χ1) is 20.0. The van der Waals surface area contributed by atoms with E-state index >= 15 is 0 Å². The van der Waals surface area contributed by atoms with Gasteiger partial charge >= 0.3 is 5.97 Å². The fourth-order valence-corrected chi connectivity index (χ4v) is 8.02. The minimum absolute atomic E-state index is 0.0352. The van der Waals surface area contributed by atoms with Crippen molar-refractivity contribution in [2.24, 2.45) is 5.73 Å². The van der Waals surface area contributed by atoms with Gasteiger partial charge in [-0.1, -0.05) is 23.2 Å². The summed E-state index contributed by atoms with van der Waals surface area (Å²) in [4.78, 5) is 51.1. The van der Waals surface area contributed by atoms with Crippen LogP contribution in [-0.2, 0) is 25.7 Å². The fourth-order valence-electron chi connectivity index (χ4n) is 4.25. The molecule has 224 valence electrons. The number of aliphatic carboxylic acids is 2. The summed E-state index contributed by atoms with van der Waals surface area (Å²) in [6.45, 7) is 0.589. The van der Waals surface area contributed by atoms with E-state index in [-0.39, 0.29) is 27.2 Å². The quantitative estimate of drug-likeness (QED) is 0.138. The molecule has 1 aromatic carbocycles. The third-order valence-electron chi connectivity index (χ3n) is 6.43. The minimum Gasteiger partial charge on any atom is -0.548 e. The minimum atomic E-state index is -1.27. The lowest BCUT2D eigenvalue weighted by Crippen LogP contribution is -2.70. The number of pyridine rings is 1. The number of nitrogens with two attached hydrogens (primary N) is 1. The molecule has 4 rings (SSSR count). The Bertz CT molecular complexity index is 1400. The highest BCUT2D eigenvalue weighted by molar-refractivity contribution is 8.01. The zero-order valence-electron chi connectivity index (χ0n) is 21.8. The smallest absolute Gasteiger partial charge is 0.352 e. The van der Waals surface area contributed by atoms with Gasteiger partial charge in [0.2, 0.25) is 5.91 Å². The third-order valence-corrected chi connectivity index (χ3v) is 10.4. The lowest BCUT2D eigenvalue weighted by molar-refractivity contribution is -0.697. The Morgan fingerprint density at radius 2 is 1.86 bits per heavy atom. The number of aromatic nitrogens is 1. The van der Waals surface area contributed by atoms with E-state index in [9.17, 15) is 34.5 Å². The molecule has 2 aromatic rings. The van der Waals surface area contributed by atoms with Gasteiger partial charge in [-0.2, -0.15) is 0 Å². The molecule has 2 amide bonds. The normalized spacial score (nSPS) is 18.7. The molecular formula is C26H26Cl2N4O7S3. The van der Waals surface area contributed by atoms with Gasteiger partial charge in [0, 0.05) is 45.9 Å². The number of nitrogens with zero attached hydrogens (tertiary/aromatic N) is 2. The summed E-state index contributed by atoms with van der Waals surface area (Å²) in [7, 11) is 0. The highest BCUT2D eigenvalue weighted by atomic mass is 35.5. The van der Waals surface area contributed by atoms with Gasteiger partial charge in [0.1, 0.15) is 23.7 Å². The van der Waals surface area contributed by atoms with Crippen LogP contribution in [0.25, 0.3) is 0 Å². The number of carboxylic acid groups (broad SMARTS) is 2. The van der Waals surface area contributed by atoms with Gasteiger partial charge in [-0.15, -0.1) is 35.3 Å². The molecule has 3 heterocycles. The fraction of sp³-hybridized carbons (Fsp3) is 0.346. The number of aromatic hydroxyl groups is 1. The Kier molecular flexibility index (Phi) is 10.9. The Balaban J connectivity index is 1.31. The maximum atomic E-state index is 12.9. The molecular weight excluding hydrogens is 647 g/mol. The molecule has 0 bridgehead atoms. The van der Waals surface area contributed by atoms with Gasteiger partial charge < -0.3 is 31.2 Å². The van der Waals surface area contributed by atoms with E-state index in [1.54, 1.807) is 0 Å². The molecule has 16 heteroatoms. The van der Waals surface area contributed by atoms with Crippen molar-refractivity contribution in [3.8, 4) is 5.75 Å². The Morgan fingerprint density at radius 1 is 1.19 bits per heavy atom. The number of carbonyl (C=O) groups excluding carboxylic acids is 3. The number of carboxylic acids is 2. The summed E-state index contributed by atoms with van der Waals surface area (Å²) in [6, 6.07) is 4.87. The number of amides is 2. The molecule has 0 aliphatic carbocycles. The summed E-state index contributed by atoms with van der Waals surface area (Å²) in [6.07, 6.45) is 4.58. The van der Waals surface area contributed by atoms with Crippen molar-refractivity contribution in [1.82, 2.24) is 10.2 Å². The number of aryl methyl sites for hydroxylation is 1. The van der Waals surface area contributed by atoms with Crippen LogP contribution in [-0.4, -0.2) is 73.6 Å². The molecule has 1 aromatic heterocycles. The van der Waals surface area contributed by atoms with Crippen LogP contribution in [0.5, 0.6) is 5.75 Å². The molecule has 1 saturated heterocycles. The largest absolute Gasteiger partial charge is 0.548 e. The molecule has 5 N–H and O–H groups in total. The maximum Gasteiger partial charge on any atom is 0.352 e. The lowest BCUT2D eigenvalue weighted by Gasteiger charge is -2.49. The average molecular weight is 674 g/mol. The van der Waals surface area contributed by atoms with Crippen molar-refractivity contribution in [2.75, 3.05) is 17.3 Å². The van der Waals surface area contributed by atoms with E-state index in [1.807, 2.05) is 29.1 Å². The van der Waals surface area contributed by atoms with E-state index in [4.69, 9.17) is 28.9 Å². The number of phenolic OH excluding ortho intramolecular Hbond substituents is 1. The topological polar surface area (TPSA) is 177 Å². The number of carbonyl (C=O) groups is 4. The van der Waals surface area contributed by atoms with Gasteiger partial charge in [0.15, 0.2) is 18.1 Å². The first-order valence-corrected chi connectivity index (χ1v) is 16.3. The van der Waals surface area contributed by atoms with Crippen molar-refractivity contribution in [3.63, 3.8) is 0 Å². The molecule has 0 saturated carbocycles. The number of thioether (sulfide) groups is 3. The molecule has 3 atom stereocenters. The van der Waals surface area contributed by atoms with Crippen molar-refractivity contribution >= 4 is 82.2 Å². The summed E-state index contributed by atoms with van der Waals surface area (Å²) < 4.78 is 1.90. The summed E-state index contributed by atoms with van der Waals surface area (Å²) in [5.41, 5.74) is 6.02. The van der Waals surface area contributed by atoms with Crippen LogP contribution in [0.1, 0.15) is 12.8 Å².